The molecule has 8 heteroatoms. The quantitative estimate of drug-likeness (QED) is 0.566. The molecule has 31 heavy (non-hydrogen) atoms. The number of para-hydroxylation sites is 1. The minimum Gasteiger partial charge on any atom is -0.393 e. The van der Waals surface area contributed by atoms with Gasteiger partial charge in [-0.1, -0.05) is 32.0 Å². The van der Waals surface area contributed by atoms with Crippen molar-refractivity contribution in [2.75, 3.05) is 22.5 Å². The number of anilines is 3. The van der Waals surface area contributed by atoms with Gasteiger partial charge in [0.15, 0.2) is 0 Å². The van der Waals surface area contributed by atoms with E-state index >= 15 is 0 Å². The number of hydrogen-bond donors (Lipinski definition) is 4. The van der Waals surface area contributed by atoms with Gasteiger partial charge in [0, 0.05) is 18.3 Å². The fraction of sp³-hybridized carbons (Fsp3) is 0.478. The maximum atomic E-state index is 12.3. The van der Waals surface area contributed by atoms with Crippen LogP contribution in [0.5, 0.6) is 0 Å². The Bertz CT molecular complexity index is 1020. The second kappa shape index (κ2) is 8.52. The molecule has 0 saturated heterocycles. The summed E-state index contributed by atoms with van der Waals surface area (Å²) in [6.07, 6.45) is 4.14. The van der Waals surface area contributed by atoms with Crippen LogP contribution in [0.4, 0.5) is 17.5 Å². The van der Waals surface area contributed by atoms with Gasteiger partial charge in [0.05, 0.1) is 18.2 Å². The Morgan fingerprint density at radius 1 is 1.32 bits per heavy atom. The van der Waals surface area contributed by atoms with Gasteiger partial charge < -0.3 is 21.1 Å². The van der Waals surface area contributed by atoms with Crippen molar-refractivity contribution in [3.63, 3.8) is 0 Å². The smallest absolute Gasteiger partial charge is 0.232 e. The van der Waals surface area contributed by atoms with Crippen LogP contribution in [0.25, 0.3) is 0 Å². The van der Waals surface area contributed by atoms with E-state index in [9.17, 15) is 15.2 Å². The molecular formula is C23H28N6O2. The molecule has 0 spiro atoms. The molecule has 1 amide bonds. The summed E-state index contributed by atoms with van der Waals surface area (Å²) in [5.41, 5.74) is 2.09. The predicted molar refractivity (Wildman–Crippen MR) is 119 cm³/mol. The molecule has 2 aromatic rings. The van der Waals surface area contributed by atoms with E-state index in [1.54, 1.807) is 0 Å². The lowest BCUT2D eigenvalue weighted by molar-refractivity contribution is -0.117. The zero-order valence-electron chi connectivity index (χ0n) is 17.9. The van der Waals surface area contributed by atoms with Crippen molar-refractivity contribution >= 4 is 23.4 Å². The van der Waals surface area contributed by atoms with E-state index in [4.69, 9.17) is 0 Å². The average molecular weight is 421 g/mol. The van der Waals surface area contributed by atoms with Crippen LogP contribution in [-0.4, -0.2) is 39.7 Å². The number of amides is 1. The third-order valence-electron chi connectivity index (χ3n) is 6.34. The maximum Gasteiger partial charge on any atom is 0.232 e. The number of carbonyl (C=O) groups is 1. The highest BCUT2D eigenvalue weighted by atomic mass is 16.3. The number of carbonyl (C=O) groups excluding carboxylic acids is 1. The highest BCUT2D eigenvalue weighted by molar-refractivity contribution is 6.02. The molecule has 2 aliphatic rings. The number of aliphatic hydroxyl groups excluding tert-OH is 1. The van der Waals surface area contributed by atoms with Gasteiger partial charge in [-0.05, 0) is 42.7 Å². The molecule has 3 atom stereocenters. The summed E-state index contributed by atoms with van der Waals surface area (Å²) in [5.74, 6) is 0.730. The van der Waals surface area contributed by atoms with Gasteiger partial charge in [0.2, 0.25) is 11.9 Å². The number of nitriles is 1. The van der Waals surface area contributed by atoms with Crippen LogP contribution >= 0.6 is 0 Å². The van der Waals surface area contributed by atoms with E-state index in [0.29, 0.717) is 36.7 Å². The van der Waals surface area contributed by atoms with Crippen molar-refractivity contribution < 1.29 is 9.90 Å². The molecule has 4 rings (SSSR count). The zero-order valence-corrected chi connectivity index (χ0v) is 17.9. The first-order valence-corrected chi connectivity index (χ1v) is 10.7. The van der Waals surface area contributed by atoms with Crippen LogP contribution in [0.2, 0.25) is 0 Å². The van der Waals surface area contributed by atoms with Crippen molar-refractivity contribution in [3.05, 3.63) is 41.6 Å². The third-order valence-corrected chi connectivity index (χ3v) is 6.34. The van der Waals surface area contributed by atoms with Crippen LogP contribution in [-0.2, 0) is 4.79 Å². The number of nitrogens with zero attached hydrogens (tertiary/aromatic N) is 3. The Balaban J connectivity index is 1.40. The molecule has 1 unspecified atom stereocenters. The summed E-state index contributed by atoms with van der Waals surface area (Å²) < 4.78 is 0. The first kappa shape index (κ1) is 21.1. The normalized spacial score (nSPS) is 24.1. The van der Waals surface area contributed by atoms with Gasteiger partial charge in [0.25, 0.3) is 0 Å². The van der Waals surface area contributed by atoms with Crippen LogP contribution in [0.1, 0.15) is 56.6 Å². The fourth-order valence-corrected chi connectivity index (χ4v) is 4.49. The Labute approximate surface area is 182 Å². The summed E-state index contributed by atoms with van der Waals surface area (Å²) >= 11 is 0. The molecule has 1 saturated carbocycles. The largest absolute Gasteiger partial charge is 0.393 e. The van der Waals surface area contributed by atoms with Crippen LogP contribution in [0.3, 0.4) is 0 Å². The molecule has 1 fully saturated rings. The first-order valence-electron chi connectivity index (χ1n) is 10.7. The summed E-state index contributed by atoms with van der Waals surface area (Å²) in [6, 6.07) is 10.0. The van der Waals surface area contributed by atoms with Gasteiger partial charge in [-0.25, -0.2) is 4.98 Å². The lowest BCUT2D eigenvalue weighted by atomic mass is 9.73. The van der Waals surface area contributed by atoms with Crippen molar-refractivity contribution in [2.45, 2.75) is 57.6 Å². The monoisotopic (exact) mass is 420 g/mol. The molecule has 1 aromatic carbocycles. The van der Waals surface area contributed by atoms with Crippen molar-refractivity contribution in [1.29, 1.82) is 5.26 Å². The average Bonchev–Trinajstić information content (AvgIpc) is 3.06. The number of aromatic nitrogens is 2. The summed E-state index contributed by atoms with van der Waals surface area (Å²) in [6.45, 7) is 4.64. The maximum absolute atomic E-state index is 12.3. The topological polar surface area (TPSA) is 123 Å². The Hall–Kier alpha value is -3.18. The Kier molecular flexibility index (Phi) is 5.79. The molecule has 162 valence electrons. The lowest BCUT2D eigenvalue weighted by Crippen LogP contribution is -2.41. The molecule has 8 nitrogen and oxygen atoms in total. The van der Waals surface area contributed by atoms with E-state index in [2.05, 4.69) is 45.8 Å². The summed E-state index contributed by atoms with van der Waals surface area (Å²) in [5, 5.41) is 29.1. The number of nitrogens with one attached hydrogen (secondary N) is 3. The molecule has 2 heterocycles. The van der Waals surface area contributed by atoms with E-state index < -0.39 is 0 Å². The summed E-state index contributed by atoms with van der Waals surface area (Å²) in [7, 11) is 0. The molecular weight excluding hydrogens is 392 g/mol. The minimum absolute atomic E-state index is 0.00760. The van der Waals surface area contributed by atoms with Crippen molar-refractivity contribution in [3.8, 4) is 6.07 Å². The third kappa shape index (κ3) is 4.47. The molecule has 1 aliphatic carbocycles. The molecule has 1 aromatic heterocycles. The summed E-state index contributed by atoms with van der Waals surface area (Å²) in [4.78, 5) is 21.0. The van der Waals surface area contributed by atoms with E-state index in [-0.39, 0.29) is 29.4 Å². The van der Waals surface area contributed by atoms with E-state index in [1.165, 1.54) is 6.20 Å². The molecule has 4 N–H and O–H groups in total. The van der Waals surface area contributed by atoms with Crippen molar-refractivity contribution in [1.82, 2.24) is 9.97 Å². The number of aliphatic hydroxyl groups is 1. The zero-order chi connectivity index (χ0) is 22.0. The molecule has 0 bridgehead atoms. The van der Waals surface area contributed by atoms with Crippen molar-refractivity contribution in [2.24, 2.45) is 5.41 Å². The number of hydrogen-bond acceptors (Lipinski definition) is 7. The van der Waals surface area contributed by atoms with Crippen LogP contribution in [0, 0.1) is 16.7 Å². The highest BCUT2D eigenvalue weighted by Crippen LogP contribution is 2.37. The van der Waals surface area contributed by atoms with E-state index in [0.717, 1.165) is 24.1 Å². The van der Waals surface area contributed by atoms with E-state index in [1.807, 2.05) is 24.3 Å². The standard InChI is InChI=1S/C23H28N6O2/c1-23(2)11-15(7-8-19(23)30)27-20-14(12-24)13-26-22(29-20)25-10-9-17-16-5-3-4-6-18(16)28-21(17)31/h3-6,13,15,17,19,30H,7-11H2,1-2H3,(H,28,31)(H2,25,26,27,29)/t15-,17?,19-/m1/s1. The highest BCUT2D eigenvalue weighted by Gasteiger charge is 2.36. The second-order valence-corrected chi connectivity index (χ2v) is 9.04. The number of rotatable bonds is 6. The van der Waals surface area contributed by atoms with Gasteiger partial charge in [-0.2, -0.15) is 10.2 Å². The number of fused-ring (bicyclic) bond motifs is 1. The predicted octanol–water partition coefficient (Wildman–Crippen LogP) is 3.24. The SMILES string of the molecule is CC1(C)C[C@H](Nc2nc(NCCC3C(=O)Nc4ccccc43)ncc2C#N)CC[C@H]1O. The van der Waals surface area contributed by atoms with Gasteiger partial charge in [0.1, 0.15) is 17.5 Å². The Morgan fingerprint density at radius 3 is 2.90 bits per heavy atom. The molecule has 0 radical (unpaired) electrons. The van der Waals surface area contributed by atoms with Gasteiger partial charge >= 0.3 is 0 Å². The van der Waals surface area contributed by atoms with Gasteiger partial charge in [-0.3, -0.25) is 4.79 Å². The number of benzene rings is 1. The van der Waals surface area contributed by atoms with Gasteiger partial charge in [-0.15, -0.1) is 0 Å². The van der Waals surface area contributed by atoms with Crippen LogP contribution in [0.15, 0.2) is 30.5 Å². The Morgan fingerprint density at radius 2 is 2.13 bits per heavy atom. The first-order chi connectivity index (χ1) is 14.9. The lowest BCUT2D eigenvalue weighted by Gasteiger charge is -2.40. The van der Waals surface area contributed by atoms with Crippen LogP contribution < -0.4 is 16.0 Å². The minimum atomic E-state index is -0.318. The second-order valence-electron chi connectivity index (χ2n) is 9.04. The fourth-order valence-electron chi connectivity index (χ4n) is 4.49. The molecule has 1 aliphatic heterocycles.